The summed E-state index contributed by atoms with van der Waals surface area (Å²) in [4.78, 5) is 157. The molecule has 0 aliphatic carbocycles. The third-order valence-electron chi connectivity index (χ3n) is 17.5. The molecule has 12 amide bonds. The number of rotatable bonds is 43. The number of likely N-dealkylation sites (N-methyl/N-ethyl adjacent to an activating group) is 2. The lowest BCUT2D eigenvalue weighted by Gasteiger charge is -2.41. The fourth-order valence-corrected chi connectivity index (χ4v) is 13.0. The summed E-state index contributed by atoms with van der Waals surface area (Å²) in [6.45, 7) is 17.1. The van der Waals surface area contributed by atoms with Crippen molar-refractivity contribution in [3.63, 3.8) is 0 Å². The first-order chi connectivity index (χ1) is 46.8. The molecule has 2 aliphatic rings. The van der Waals surface area contributed by atoms with Gasteiger partial charge in [-0.3, -0.25) is 57.7 Å². The number of urea groups is 1. The summed E-state index contributed by atoms with van der Waals surface area (Å²) in [5, 5.41) is 16.8. The molecule has 552 valence electrons. The number of nitrogens with two attached hydrogens (primary N) is 1. The van der Waals surface area contributed by atoms with E-state index in [1.807, 2.05) is 60.5 Å². The topological polar surface area (TPSA) is 391 Å². The molecule has 0 radical (unpaired) electrons. The SMILES string of the molecule is CC[C@H](C)[C@@H]([C@@H](CC(=O)N1CCC[C@H]1[C@H](OC)[C@@H](C)C(=O)N[C@@H](Cc1ccccc1)C(=O)NS(=O)(=O)c1ccc(NC(=O)[C@H](CCCNC(N)=O)NC(=O)[C@@H](NC(=O)CCOCCOCCON2C(=O)C=CC2=O)C(C)C)cc1)OC)N(C)C(=O)[C@@H](NC(=O)[C@H](C(C)C)N(C)C)C(C)C. The van der Waals surface area contributed by atoms with Crippen LogP contribution in [0.1, 0.15) is 113 Å². The maximum absolute atomic E-state index is 14.6. The molecule has 9 N–H and O–H groups in total. The summed E-state index contributed by atoms with van der Waals surface area (Å²) in [5.41, 5.74) is 5.91. The minimum atomic E-state index is -4.66. The second-order valence-electron chi connectivity index (χ2n) is 26.1. The monoisotopic (exact) mass is 1410 g/mol. The van der Waals surface area contributed by atoms with E-state index in [2.05, 4.69) is 36.6 Å². The van der Waals surface area contributed by atoms with Crippen molar-refractivity contribution in [3.05, 3.63) is 72.3 Å². The number of hydroxylamine groups is 2. The molecule has 30 nitrogen and oxygen atoms in total. The maximum Gasteiger partial charge on any atom is 0.312 e. The van der Waals surface area contributed by atoms with Crippen molar-refractivity contribution in [2.45, 2.75) is 173 Å². The third-order valence-corrected chi connectivity index (χ3v) is 18.8. The number of ether oxygens (including phenoxy) is 4. The van der Waals surface area contributed by atoms with E-state index in [9.17, 15) is 61.2 Å². The molecule has 99 heavy (non-hydrogen) atoms. The first-order valence-corrected chi connectivity index (χ1v) is 35.1. The second kappa shape index (κ2) is 41.0. The number of carbonyl (C=O) groups is 11. The van der Waals surface area contributed by atoms with Gasteiger partial charge >= 0.3 is 6.03 Å². The summed E-state index contributed by atoms with van der Waals surface area (Å²) in [5.74, 6) is -7.71. The van der Waals surface area contributed by atoms with Crippen LogP contribution in [-0.2, 0) is 88.2 Å². The molecule has 0 saturated carbocycles. The normalized spacial score (nSPS) is 17.1. The third kappa shape index (κ3) is 25.6. The number of amides is 12. The van der Waals surface area contributed by atoms with E-state index in [-0.39, 0.29) is 113 Å². The summed E-state index contributed by atoms with van der Waals surface area (Å²) >= 11 is 0. The first-order valence-electron chi connectivity index (χ1n) is 33.7. The van der Waals surface area contributed by atoms with Gasteiger partial charge in [0.15, 0.2) is 0 Å². The lowest BCUT2D eigenvalue weighted by Crippen LogP contribution is -2.59. The smallest absolute Gasteiger partial charge is 0.312 e. The van der Waals surface area contributed by atoms with Gasteiger partial charge in [-0.25, -0.2) is 17.9 Å². The number of hydrogen-bond acceptors (Lipinski definition) is 19. The average Bonchev–Trinajstić information content (AvgIpc) is 1.80. The Hall–Kier alpha value is -7.94. The molecule has 0 aromatic heterocycles. The molecule has 2 aromatic rings. The van der Waals surface area contributed by atoms with Crippen molar-refractivity contribution < 1.29 is 84.9 Å². The molecule has 1 fully saturated rings. The van der Waals surface area contributed by atoms with Gasteiger partial charge in [-0.1, -0.05) is 99.1 Å². The van der Waals surface area contributed by atoms with Crippen molar-refractivity contribution in [1.29, 1.82) is 0 Å². The highest BCUT2D eigenvalue weighted by Crippen LogP contribution is 2.30. The number of nitrogens with one attached hydrogen (secondary N) is 7. The van der Waals surface area contributed by atoms with Gasteiger partial charge < -0.3 is 66.4 Å². The number of imide groups is 1. The minimum Gasteiger partial charge on any atom is -0.379 e. The Kier molecular flexibility index (Phi) is 34.5. The largest absolute Gasteiger partial charge is 0.379 e. The van der Waals surface area contributed by atoms with Crippen molar-refractivity contribution in [3.8, 4) is 0 Å². The zero-order chi connectivity index (χ0) is 73.8. The van der Waals surface area contributed by atoms with E-state index < -0.39 is 129 Å². The summed E-state index contributed by atoms with van der Waals surface area (Å²) in [6.07, 6.45) is 1.90. The summed E-state index contributed by atoms with van der Waals surface area (Å²) < 4.78 is 53.1. The summed E-state index contributed by atoms with van der Waals surface area (Å²) in [7, 11) is 3.54. The Bertz CT molecular complexity index is 3150. The number of primary amides is 1. The van der Waals surface area contributed by atoms with Gasteiger partial charge in [0.25, 0.3) is 27.7 Å². The molecule has 4 rings (SSSR count). The number of anilines is 1. The molecule has 2 heterocycles. The van der Waals surface area contributed by atoms with Crippen LogP contribution in [0.3, 0.4) is 0 Å². The Balaban J connectivity index is 1.43. The van der Waals surface area contributed by atoms with Crippen molar-refractivity contribution >= 4 is 80.8 Å². The second-order valence-corrected chi connectivity index (χ2v) is 27.8. The number of methoxy groups -OCH3 is 2. The zero-order valence-electron chi connectivity index (χ0n) is 59.7. The lowest BCUT2D eigenvalue weighted by atomic mass is 9.89. The van der Waals surface area contributed by atoms with Gasteiger partial charge in [-0.15, -0.1) is 5.06 Å². The van der Waals surface area contributed by atoms with Crippen LogP contribution in [0.4, 0.5) is 10.5 Å². The first kappa shape index (κ1) is 83.5. The zero-order valence-corrected chi connectivity index (χ0v) is 60.5. The number of sulfonamides is 1. The van der Waals surface area contributed by atoms with Gasteiger partial charge in [0, 0.05) is 65.0 Å². The molecule has 31 heteroatoms. The molecule has 2 aliphatic heterocycles. The number of likely N-dealkylation sites (tertiary alicyclic amines) is 1. The summed E-state index contributed by atoms with van der Waals surface area (Å²) in [6, 6.07) is 6.23. The van der Waals surface area contributed by atoms with Crippen LogP contribution in [0.5, 0.6) is 0 Å². The highest BCUT2D eigenvalue weighted by molar-refractivity contribution is 7.90. The van der Waals surface area contributed by atoms with E-state index in [0.717, 1.165) is 24.3 Å². The van der Waals surface area contributed by atoms with Crippen LogP contribution in [0.25, 0.3) is 0 Å². The molecule has 0 unspecified atom stereocenters. The van der Waals surface area contributed by atoms with Crippen molar-refractivity contribution in [2.24, 2.45) is 35.3 Å². The van der Waals surface area contributed by atoms with Crippen LogP contribution in [0.2, 0.25) is 0 Å². The van der Waals surface area contributed by atoms with Gasteiger partial charge in [-0.05, 0) is 93.3 Å². The lowest BCUT2D eigenvalue weighted by molar-refractivity contribution is -0.189. The predicted molar refractivity (Wildman–Crippen MR) is 366 cm³/mol. The van der Waals surface area contributed by atoms with Gasteiger partial charge in [0.2, 0.25) is 41.4 Å². The van der Waals surface area contributed by atoms with E-state index in [4.69, 9.17) is 29.5 Å². The Morgan fingerprint density at radius 1 is 0.687 bits per heavy atom. The maximum atomic E-state index is 14.6. The van der Waals surface area contributed by atoms with Crippen molar-refractivity contribution in [2.75, 3.05) is 86.8 Å². The highest BCUT2D eigenvalue weighted by Gasteiger charge is 2.44. The minimum absolute atomic E-state index is 0.0215. The standard InChI is InChI=1S/C68H106N12O18S/c1-15-44(8)60(78(12)67(90)58(42(4)5)75-66(89)59(43(6)7)77(10)11)52(94-13)40-56(84)79-33-20-24-51(79)61(95-14)45(9)62(85)73-50(39-46-21-17-16-18-22-46)64(87)76-99(92,93)48-27-25-47(26-28-48)71-63(86)49(23-19-32-70-68(69)91)72-65(88)57(41(2)3)74-53(81)31-34-96-35-36-97-37-38-98-80-54(82)29-30-55(80)83/h16-18,21-22,25-30,41-45,49-52,57-61H,15,19-20,23-24,31-40H2,1-14H3,(H,71,86)(H,72,88)(H,73,85)(H,74,81)(H,75,89)(H,76,87)(H3,69,70,91)/t44-,45+,49-,50-,51-,52+,57-,58-,59-,60-,61+/m0/s1. The van der Waals surface area contributed by atoms with Crippen LogP contribution in [0, 0.1) is 29.6 Å². The highest BCUT2D eigenvalue weighted by atomic mass is 32.2. The van der Waals surface area contributed by atoms with E-state index >= 15 is 0 Å². The fraction of sp³-hybridized carbons (Fsp3) is 0.632. The number of hydrogen-bond donors (Lipinski definition) is 8. The van der Waals surface area contributed by atoms with Gasteiger partial charge in [0.1, 0.15) is 24.2 Å². The quantitative estimate of drug-likeness (QED) is 0.0348. The molecule has 0 bridgehead atoms. The fourth-order valence-electron chi connectivity index (χ4n) is 12.0. The molecule has 0 spiro atoms. The van der Waals surface area contributed by atoms with Crippen LogP contribution < -0.4 is 42.4 Å². The number of nitrogens with zero attached hydrogens (tertiary/aromatic N) is 4. The van der Waals surface area contributed by atoms with Crippen LogP contribution in [0.15, 0.2) is 71.6 Å². The van der Waals surface area contributed by atoms with E-state index in [0.29, 0.717) is 36.4 Å². The molecular weight excluding hydrogens is 1300 g/mol. The Labute approximate surface area is 582 Å². The molecule has 1 saturated heterocycles. The average molecular weight is 1410 g/mol. The van der Waals surface area contributed by atoms with E-state index in [1.165, 1.54) is 26.4 Å². The molecular formula is C68H106N12O18S. The Morgan fingerprint density at radius 2 is 1.29 bits per heavy atom. The molecule has 11 atom stereocenters. The van der Waals surface area contributed by atoms with Crippen LogP contribution >= 0.6 is 0 Å². The Morgan fingerprint density at radius 3 is 1.86 bits per heavy atom. The number of carbonyl (C=O) groups excluding carboxylic acids is 11. The molecule has 2 aromatic carbocycles. The van der Waals surface area contributed by atoms with Gasteiger partial charge in [-0.2, -0.15) is 0 Å². The van der Waals surface area contributed by atoms with Gasteiger partial charge in [0.05, 0.1) is 80.6 Å². The van der Waals surface area contributed by atoms with E-state index in [1.54, 1.807) is 68.0 Å². The van der Waals surface area contributed by atoms with Crippen molar-refractivity contribution in [1.82, 2.24) is 51.1 Å². The predicted octanol–water partition coefficient (Wildman–Crippen LogP) is 2.16. The van der Waals surface area contributed by atoms with Crippen LogP contribution in [-0.4, -0.2) is 229 Å². The number of benzene rings is 2.